The van der Waals surface area contributed by atoms with Gasteiger partial charge in [0.1, 0.15) is 29.2 Å². The molecule has 2 aromatic carbocycles. The predicted molar refractivity (Wildman–Crippen MR) is 99.5 cm³/mol. The Morgan fingerprint density at radius 1 is 1.09 bits per heavy atom. The molecule has 0 bridgehead atoms. The highest BCUT2D eigenvalue weighted by molar-refractivity contribution is 5.79. The van der Waals surface area contributed by atoms with Crippen LogP contribution in [0.1, 0.15) is 31.0 Å². The zero-order valence-corrected chi connectivity index (χ0v) is 16.5. The van der Waals surface area contributed by atoms with E-state index in [4.69, 9.17) is 4.74 Å². The number of fused-ring (bicyclic) bond motifs is 2. The summed E-state index contributed by atoms with van der Waals surface area (Å²) in [6.45, 7) is 3.01. The molecule has 172 valence electrons. The SMILES string of the molecule is CC1(C)Oc2ccc(OC(F)(F)F)cc2[C@@H](n2[nH]c3cc(C(F)(F)F)ccc3c2=O)[C@@H]1O. The molecule has 0 unspecified atom stereocenters. The lowest BCUT2D eigenvalue weighted by Gasteiger charge is -2.42. The molecule has 0 radical (unpaired) electrons. The summed E-state index contributed by atoms with van der Waals surface area (Å²) in [6.07, 6.45) is -11.1. The van der Waals surface area contributed by atoms with Crippen molar-refractivity contribution in [3.63, 3.8) is 0 Å². The molecule has 4 rings (SSSR count). The lowest BCUT2D eigenvalue weighted by atomic mass is 9.86. The summed E-state index contributed by atoms with van der Waals surface area (Å²) in [5.41, 5.74) is -3.19. The first-order chi connectivity index (χ1) is 14.7. The number of aliphatic hydroxyl groups is 1. The van der Waals surface area contributed by atoms with Crippen LogP contribution in [0.15, 0.2) is 41.2 Å². The van der Waals surface area contributed by atoms with E-state index in [1.165, 1.54) is 19.9 Å². The van der Waals surface area contributed by atoms with Gasteiger partial charge in [0.05, 0.1) is 16.5 Å². The van der Waals surface area contributed by atoms with Crippen molar-refractivity contribution in [2.75, 3.05) is 0 Å². The Hall–Kier alpha value is -3.15. The molecule has 32 heavy (non-hydrogen) atoms. The smallest absolute Gasteiger partial charge is 0.485 e. The number of hydrogen-bond donors (Lipinski definition) is 2. The third kappa shape index (κ3) is 3.78. The summed E-state index contributed by atoms with van der Waals surface area (Å²) in [4.78, 5) is 13.0. The Labute approximate surface area is 176 Å². The van der Waals surface area contributed by atoms with Crippen LogP contribution >= 0.6 is 0 Å². The highest BCUT2D eigenvalue weighted by Crippen LogP contribution is 2.43. The molecule has 2 atom stereocenters. The van der Waals surface area contributed by atoms with Crippen molar-refractivity contribution < 1.29 is 40.9 Å². The second-order valence-corrected chi connectivity index (χ2v) is 7.89. The number of H-pyrrole nitrogens is 1. The topological polar surface area (TPSA) is 76.5 Å². The largest absolute Gasteiger partial charge is 0.573 e. The number of nitrogens with one attached hydrogen (secondary N) is 1. The molecule has 1 aliphatic heterocycles. The quantitative estimate of drug-likeness (QED) is 0.555. The highest BCUT2D eigenvalue weighted by atomic mass is 19.4. The van der Waals surface area contributed by atoms with Crippen molar-refractivity contribution in [2.45, 2.75) is 44.1 Å². The number of aromatic amines is 1. The zero-order chi connectivity index (χ0) is 23.6. The average molecular weight is 462 g/mol. The molecule has 0 fully saturated rings. The van der Waals surface area contributed by atoms with Gasteiger partial charge in [0.25, 0.3) is 5.56 Å². The van der Waals surface area contributed by atoms with Crippen molar-refractivity contribution in [3.05, 3.63) is 57.9 Å². The average Bonchev–Trinajstić information content (AvgIpc) is 2.97. The number of halogens is 6. The number of aromatic nitrogens is 2. The number of nitrogens with zero attached hydrogens (tertiary/aromatic N) is 1. The van der Waals surface area contributed by atoms with Crippen LogP contribution in [-0.4, -0.2) is 33.0 Å². The Morgan fingerprint density at radius 2 is 1.78 bits per heavy atom. The molecule has 0 amide bonds. The van der Waals surface area contributed by atoms with Crippen LogP contribution in [0.25, 0.3) is 10.9 Å². The van der Waals surface area contributed by atoms with E-state index in [-0.39, 0.29) is 22.2 Å². The maximum absolute atomic E-state index is 13.1. The van der Waals surface area contributed by atoms with E-state index in [1.54, 1.807) is 0 Å². The minimum absolute atomic E-state index is 0.0109. The van der Waals surface area contributed by atoms with Crippen molar-refractivity contribution in [2.24, 2.45) is 0 Å². The van der Waals surface area contributed by atoms with Crippen LogP contribution < -0.4 is 15.0 Å². The number of rotatable bonds is 2. The lowest BCUT2D eigenvalue weighted by molar-refractivity contribution is -0.274. The molecule has 2 N–H and O–H groups in total. The fourth-order valence-corrected chi connectivity index (χ4v) is 3.73. The second-order valence-electron chi connectivity index (χ2n) is 7.89. The molecule has 2 heterocycles. The summed E-state index contributed by atoms with van der Waals surface area (Å²) in [7, 11) is 0. The molecule has 0 saturated carbocycles. The Balaban J connectivity index is 1.90. The van der Waals surface area contributed by atoms with Gasteiger partial charge in [-0.1, -0.05) is 0 Å². The van der Waals surface area contributed by atoms with Gasteiger partial charge < -0.3 is 14.6 Å². The molecule has 0 saturated heterocycles. The molecule has 12 heteroatoms. The molecule has 6 nitrogen and oxygen atoms in total. The molecule has 1 aromatic heterocycles. The van der Waals surface area contributed by atoms with Gasteiger partial charge in [0.15, 0.2) is 0 Å². The Morgan fingerprint density at radius 3 is 2.41 bits per heavy atom. The van der Waals surface area contributed by atoms with Gasteiger partial charge in [-0.3, -0.25) is 9.89 Å². The lowest BCUT2D eigenvalue weighted by Crippen LogP contribution is -2.52. The first-order valence-corrected chi connectivity index (χ1v) is 9.25. The van der Waals surface area contributed by atoms with Gasteiger partial charge in [-0.2, -0.15) is 13.2 Å². The van der Waals surface area contributed by atoms with E-state index in [9.17, 15) is 36.2 Å². The van der Waals surface area contributed by atoms with Crippen molar-refractivity contribution >= 4 is 10.9 Å². The standard InChI is InChI=1S/C20H16F6N2O4/c1-18(2)16(29)15(12-8-10(31-20(24,25)26)4-6-14(12)32-18)28-17(30)11-5-3-9(19(21,22)23)7-13(11)27-28/h3-8,15-16,27,29H,1-2H3/t15-,16+/m1/s1. The monoisotopic (exact) mass is 462 g/mol. The second kappa shape index (κ2) is 6.92. The number of alkyl halides is 6. The molecule has 0 aliphatic carbocycles. The maximum atomic E-state index is 13.1. The van der Waals surface area contributed by atoms with E-state index in [2.05, 4.69) is 9.84 Å². The summed E-state index contributed by atoms with van der Waals surface area (Å²) >= 11 is 0. The third-order valence-corrected chi connectivity index (χ3v) is 5.23. The fourth-order valence-electron chi connectivity index (χ4n) is 3.73. The van der Waals surface area contributed by atoms with Crippen LogP contribution in [0.4, 0.5) is 26.3 Å². The third-order valence-electron chi connectivity index (χ3n) is 5.23. The van der Waals surface area contributed by atoms with Gasteiger partial charge in [-0.05, 0) is 50.2 Å². The fraction of sp³-hybridized carbons (Fsp3) is 0.350. The van der Waals surface area contributed by atoms with Gasteiger partial charge in [0.2, 0.25) is 0 Å². The Kier molecular flexibility index (Phi) is 4.77. The van der Waals surface area contributed by atoms with Gasteiger partial charge >= 0.3 is 12.5 Å². The van der Waals surface area contributed by atoms with Gasteiger partial charge in [-0.25, -0.2) is 4.68 Å². The van der Waals surface area contributed by atoms with Crippen LogP contribution in [-0.2, 0) is 6.18 Å². The van der Waals surface area contributed by atoms with Crippen LogP contribution in [0.3, 0.4) is 0 Å². The number of ether oxygens (including phenoxy) is 2. The van der Waals surface area contributed by atoms with E-state index >= 15 is 0 Å². The molecular formula is C20H16F6N2O4. The van der Waals surface area contributed by atoms with Gasteiger partial charge in [0, 0.05) is 5.56 Å². The van der Waals surface area contributed by atoms with E-state index in [1.807, 2.05) is 0 Å². The summed E-state index contributed by atoms with van der Waals surface area (Å²) in [6, 6.07) is 4.37. The molecule has 0 spiro atoms. The van der Waals surface area contributed by atoms with E-state index in [0.717, 1.165) is 35.0 Å². The summed E-state index contributed by atoms with van der Waals surface area (Å²) in [5.74, 6) is -0.526. The predicted octanol–water partition coefficient (Wildman–Crippen LogP) is 4.37. The van der Waals surface area contributed by atoms with Crippen LogP contribution in [0.5, 0.6) is 11.5 Å². The van der Waals surface area contributed by atoms with Crippen molar-refractivity contribution in [3.8, 4) is 11.5 Å². The number of hydrogen-bond acceptors (Lipinski definition) is 4. The first-order valence-electron chi connectivity index (χ1n) is 9.25. The Bertz CT molecular complexity index is 1240. The van der Waals surface area contributed by atoms with Crippen LogP contribution in [0, 0.1) is 0 Å². The molecule has 3 aromatic rings. The van der Waals surface area contributed by atoms with E-state index in [0.29, 0.717) is 0 Å². The van der Waals surface area contributed by atoms with Crippen LogP contribution in [0.2, 0.25) is 0 Å². The summed E-state index contributed by atoms with van der Waals surface area (Å²) < 4.78 is 87.7. The highest BCUT2D eigenvalue weighted by Gasteiger charge is 2.45. The maximum Gasteiger partial charge on any atom is 0.573 e. The number of benzene rings is 2. The van der Waals surface area contributed by atoms with Crippen molar-refractivity contribution in [1.29, 1.82) is 0 Å². The molecule has 1 aliphatic rings. The molecular weight excluding hydrogens is 446 g/mol. The summed E-state index contributed by atoms with van der Waals surface area (Å²) in [5, 5.41) is 13.4. The first kappa shape index (κ1) is 22.1. The van der Waals surface area contributed by atoms with Gasteiger partial charge in [-0.15, -0.1) is 13.2 Å². The van der Waals surface area contributed by atoms with E-state index < -0.39 is 47.2 Å². The normalized spacial score (nSPS) is 20.7. The minimum atomic E-state index is -4.98. The van der Waals surface area contributed by atoms with Crippen molar-refractivity contribution in [1.82, 2.24) is 9.78 Å². The number of aliphatic hydroxyl groups excluding tert-OH is 1. The minimum Gasteiger partial charge on any atom is -0.485 e. The zero-order valence-electron chi connectivity index (χ0n) is 16.5.